The van der Waals surface area contributed by atoms with Crippen LogP contribution in [0.2, 0.25) is 0 Å². The van der Waals surface area contributed by atoms with Crippen LogP contribution in [0, 0.1) is 17.1 Å². The van der Waals surface area contributed by atoms with Crippen LogP contribution in [0.3, 0.4) is 0 Å². The van der Waals surface area contributed by atoms with E-state index in [1.807, 2.05) is 6.07 Å². The lowest BCUT2D eigenvalue weighted by Crippen LogP contribution is -2.30. The van der Waals surface area contributed by atoms with Gasteiger partial charge in [0.25, 0.3) is 0 Å². The van der Waals surface area contributed by atoms with Crippen molar-refractivity contribution in [2.24, 2.45) is 0 Å². The highest BCUT2D eigenvalue weighted by atomic mass is 19.1. The van der Waals surface area contributed by atoms with Crippen LogP contribution in [0.5, 0.6) is 0 Å². The molecule has 0 atom stereocenters. The van der Waals surface area contributed by atoms with E-state index < -0.39 is 0 Å². The third-order valence-corrected chi connectivity index (χ3v) is 2.80. The Labute approximate surface area is 113 Å². The van der Waals surface area contributed by atoms with E-state index in [9.17, 15) is 4.39 Å². The van der Waals surface area contributed by atoms with Gasteiger partial charge in [0, 0.05) is 39.4 Å². The molecule has 0 radical (unpaired) electrons. The third kappa shape index (κ3) is 5.35. The Morgan fingerprint density at radius 2 is 1.84 bits per heavy atom. The molecule has 0 aromatic heterocycles. The molecule has 4 nitrogen and oxygen atoms in total. The summed E-state index contributed by atoms with van der Waals surface area (Å²) in [6.07, 6.45) is 0. The van der Waals surface area contributed by atoms with Crippen LogP contribution in [0.1, 0.15) is 11.1 Å². The molecule has 0 unspecified atom stereocenters. The second-order valence-corrected chi connectivity index (χ2v) is 4.18. The quantitative estimate of drug-likeness (QED) is 0.719. The number of rotatable bonds is 8. The molecule has 19 heavy (non-hydrogen) atoms. The number of methoxy groups -OCH3 is 2. The van der Waals surface area contributed by atoms with Crippen molar-refractivity contribution in [2.45, 2.75) is 6.54 Å². The smallest absolute Gasteiger partial charge is 0.129 e. The maximum absolute atomic E-state index is 13.8. The van der Waals surface area contributed by atoms with Crippen molar-refractivity contribution < 1.29 is 13.9 Å². The standard InChI is InChI=1S/C14H19FN2O2/c1-18-7-5-17(6-8-19-2)11-13-4-3-12(10-16)9-14(13)15/h3-4,9H,5-8,11H2,1-2H3. The fourth-order valence-electron chi connectivity index (χ4n) is 1.70. The summed E-state index contributed by atoms with van der Waals surface area (Å²) in [4.78, 5) is 2.05. The lowest BCUT2D eigenvalue weighted by atomic mass is 10.1. The second kappa shape index (κ2) is 8.59. The van der Waals surface area contributed by atoms with Gasteiger partial charge in [-0.25, -0.2) is 4.39 Å². The van der Waals surface area contributed by atoms with Crippen molar-refractivity contribution in [1.82, 2.24) is 4.90 Å². The summed E-state index contributed by atoms with van der Waals surface area (Å²) >= 11 is 0. The Hall–Kier alpha value is -1.48. The Morgan fingerprint density at radius 3 is 2.32 bits per heavy atom. The summed E-state index contributed by atoms with van der Waals surface area (Å²) in [5, 5.41) is 8.71. The molecule has 1 rings (SSSR count). The van der Waals surface area contributed by atoms with Gasteiger partial charge in [-0.1, -0.05) is 6.07 Å². The number of ether oxygens (including phenoxy) is 2. The average molecular weight is 266 g/mol. The van der Waals surface area contributed by atoms with Crippen molar-refractivity contribution in [3.8, 4) is 6.07 Å². The van der Waals surface area contributed by atoms with E-state index in [-0.39, 0.29) is 5.82 Å². The van der Waals surface area contributed by atoms with E-state index in [0.717, 1.165) is 0 Å². The van der Waals surface area contributed by atoms with Gasteiger partial charge in [0.2, 0.25) is 0 Å². The molecule has 1 aromatic carbocycles. The lowest BCUT2D eigenvalue weighted by molar-refractivity contribution is 0.109. The number of hydrogen-bond acceptors (Lipinski definition) is 4. The van der Waals surface area contributed by atoms with Crippen LogP contribution in [0.15, 0.2) is 18.2 Å². The van der Waals surface area contributed by atoms with Crippen LogP contribution in [-0.4, -0.2) is 45.4 Å². The highest BCUT2D eigenvalue weighted by molar-refractivity contribution is 5.32. The molecule has 0 saturated heterocycles. The van der Waals surface area contributed by atoms with Crippen LogP contribution in [-0.2, 0) is 16.0 Å². The van der Waals surface area contributed by atoms with Crippen molar-refractivity contribution in [1.29, 1.82) is 5.26 Å². The molecule has 0 fully saturated rings. The third-order valence-electron chi connectivity index (χ3n) is 2.80. The second-order valence-electron chi connectivity index (χ2n) is 4.18. The number of halogens is 1. The Balaban J connectivity index is 2.69. The number of nitriles is 1. The monoisotopic (exact) mass is 266 g/mol. The first-order valence-corrected chi connectivity index (χ1v) is 6.10. The van der Waals surface area contributed by atoms with Gasteiger partial charge in [-0.05, 0) is 12.1 Å². The molecule has 0 aliphatic heterocycles. The molecule has 5 heteroatoms. The summed E-state index contributed by atoms with van der Waals surface area (Å²) < 4.78 is 23.9. The summed E-state index contributed by atoms with van der Waals surface area (Å²) in [6, 6.07) is 6.47. The molecule has 104 valence electrons. The molecule has 0 spiro atoms. The number of nitrogens with zero attached hydrogens (tertiary/aromatic N) is 2. The van der Waals surface area contributed by atoms with Crippen LogP contribution in [0.25, 0.3) is 0 Å². The van der Waals surface area contributed by atoms with Gasteiger partial charge in [0.15, 0.2) is 0 Å². The maximum Gasteiger partial charge on any atom is 0.129 e. The lowest BCUT2D eigenvalue weighted by Gasteiger charge is -2.21. The van der Waals surface area contributed by atoms with Crippen LogP contribution < -0.4 is 0 Å². The normalized spacial score (nSPS) is 10.7. The summed E-state index contributed by atoms with van der Waals surface area (Å²) in [5.74, 6) is -0.348. The molecule has 0 amide bonds. The zero-order chi connectivity index (χ0) is 14.1. The molecule has 0 N–H and O–H groups in total. The largest absolute Gasteiger partial charge is 0.383 e. The van der Waals surface area contributed by atoms with E-state index in [1.165, 1.54) is 6.07 Å². The van der Waals surface area contributed by atoms with Crippen molar-refractivity contribution in [2.75, 3.05) is 40.5 Å². The summed E-state index contributed by atoms with van der Waals surface area (Å²) in [7, 11) is 3.27. The molecular weight excluding hydrogens is 247 g/mol. The summed E-state index contributed by atoms with van der Waals surface area (Å²) in [5.41, 5.74) is 0.910. The van der Waals surface area contributed by atoms with Gasteiger partial charge in [-0.3, -0.25) is 4.90 Å². The maximum atomic E-state index is 13.8. The summed E-state index contributed by atoms with van der Waals surface area (Å²) in [6.45, 7) is 3.06. The Bertz CT molecular complexity index is 424. The first kappa shape index (κ1) is 15.6. The predicted molar refractivity (Wildman–Crippen MR) is 70.1 cm³/mol. The first-order valence-electron chi connectivity index (χ1n) is 6.10. The SMILES string of the molecule is COCCN(CCOC)Cc1ccc(C#N)cc1F. The molecule has 0 aliphatic carbocycles. The Kier molecular flexibility index (Phi) is 7.04. The van der Waals surface area contributed by atoms with Gasteiger partial charge in [-0.2, -0.15) is 5.26 Å². The molecule has 1 aromatic rings. The molecular formula is C14H19FN2O2. The molecule has 0 bridgehead atoms. The first-order chi connectivity index (χ1) is 9.21. The molecule has 0 saturated carbocycles. The average Bonchev–Trinajstić information content (AvgIpc) is 2.43. The number of benzene rings is 1. The highest BCUT2D eigenvalue weighted by Gasteiger charge is 2.10. The van der Waals surface area contributed by atoms with Crippen LogP contribution >= 0.6 is 0 Å². The van der Waals surface area contributed by atoms with Gasteiger partial charge >= 0.3 is 0 Å². The van der Waals surface area contributed by atoms with Crippen molar-refractivity contribution >= 4 is 0 Å². The zero-order valence-electron chi connectivity index (χ0n) is 11.4. The van der Waals surface area contributed by atoms with E-state index in [2.05, 4.69) is 4.90 Å². The van der Waals surface area contributed by atoms with Crippen molar-refractivity contribution in [3.63, 3.8) is 0 Å². The predicted octanol–water partition coefficient (Wildman–Crippen LogP) is 1.79. The minimum Gasteiger partial charge on any atom is -0.383 e. The van der Waals surface area contributed by atoms with E-state index in [1.54, 1.807) is 26.4 Å². The minimum atomic E-state index is -0.348. The van der Waals surface area contributed by atoms with Gasteiger partial charge in [0.05, 0.1) is 24.8 Å². The van der Waals surface area contributed by atoms with Gasteiger partial charge < -0.3 is 9.47 Å². The minimum absolute atomic E-state index is 0.335. The fraction of sp³-hybridized carbons (Fsp3) is 0.500. The van der Waals surface area contributed by atoms with Gasteiger partial charge in [0.1, 0.15) is 5.82 Å². The molecule has 0 aliphatic rings. The van der Waals surface area contributed by atoms with E-state index in [0.29, 0.717) is 44.0 Å². The molecule has 0 heterocycles. The van der Waals surface area contributed by atoms with E-state index >= 15 is 0 Å². The highest BCUT2D eigenvalue weighted by Crippen LogP contribution is 2.12. The van der Waals surface area contributed by atoms with E-state index in [4.69, 9.17) is 14.7 Å². The van der Waals surface area contributed by atoms with Crippen molar-refractivity contribution in [3.05, 3.63) is 35.1 Å². The Morgan fingerprint density at radius 1 is 1.21 bits per heavy atom. The van der Waals surface area contributed by atoms with Crippen LogP contribution in [0.4, 0.5) is 4.39 Å². The topological polar surface area (TPSA) is 45.5 Å². The zero-order valence-corrected chi connectivity index (χ0v) is 11.4. The van der Waals surface area contributed by atoms with Gasteiger partial charge in [-0.15, -0.1) is 0 Å². The number of hydrogen-bond donors (Lipinski definition) is 0. The fourth-order valence-corrected chi connectivity index (χ4v) is 1.70.